The first kappa shape index (κ1) is 30.9. The van der Waals surface area contributed by atoms with Gasteiger partial charge in [0, 0.05) is 46.7 Å². The minimum atomic E-state index is -4.47. The fourth-order valence-electron chi connectivity index (χ4n) is 5.39. The zero-order valence-corrected chi connectivity index (χ0v) is 23.8. The van der Waals surface area contributed by atoms with Crippen LogP contribution in [-0.4, -0.2) is 87.6 Å². The van der Waals surface area contributed by atoms with Crippen LogP contribution in [0.4, 0.5) is 13.2 Å². The van der Waals surface area contributed by atoms with Crippen LogP contribution in [0, 0.1) is 17.8 Å². The normalized spacial score (nSPS) is 32.8. The Balaban J connectivity index is 1.59. The molecule has 6 N–H and O–H groups in total. The van der Waals surface area contributed by atoms with Gasteiger partial charge in [0.05, 0.1) is 25.0 Å². The van der Waals surface area contributed by atoms with Crippen LogP contribution in [0.5, 0.6) is 0 Å². The predicted molar refractivity (Wildman–Crippen MR) is 140 cm³/mol. The van der Waals surface area contributed by atoms with Crippen molar-refractivity contribution in [2.75, 3.05) is 19.6 Å². The number of aliphatic hydroxyl groups is 1. The first-order chi connectivity index (χ1) is 17.8. The van der Waals surface area contributed by atoms with Gasteiger partial charge in [0.15, 0.2) is 5.96 Å². The van der Waals surface area contributed by atoms with E-state index in [1.54, 1.807) is 0 Å². The number of guanidine groups is 1. The minimum Gasteiger partial charge on any atom is -0.481 e. The highest BCUT2D eigenvalue weighted by Crippen LogP contribution is 2.40. The van der Waals surface area contributed by atoms with Crippen LogP contribution < -0.4 is 21.3 Å². The summed E-state index contributed by atoms with van der Waals surface area (Å²) in [4.78, 5) is 40.9. The molecule has 8 atom stereocenters. The third-order valence-electron chi connectivity index (χ3n) is 7.28. The molecule has 0 bridgehead atoms. The van der Waals surface area contributed by atoms with Gasteiger partial charge in [0.2, 0.25) is 11.8 Å². The van der Waals surface area contributed by atoms with E-state index in [2.05, 4.69) is 58.1 Å². The van der Waals surface area contributed by atoms with Crippen LogP contribution in [0.3, 0.4) is 0 Å². The molecule has 1 heterocycles. The Hall–Kier alpha value is -1.61. The molecule has 1 aliphatic heterocycles. The summed E-state index contributed by atoms with van der Waals surface area (Å²) < 4.78 is 40.8. The summed E-state index contributed by atoms with van der Waals surface area (Å²) in [5, 5.41) is 30.9. The average Bonchev–Trinajstić information content (AvgIpc) is 2.84. The molecule has 2 amide bonds. The average molecular weight is 677 g/mol. The molecule has 0 aromatic carbocycles. The second-order valence-electron chi connectivity index (χ2n) is 10.2. The summed E-state index contributed by atoms with van der Waals surface area (Å²) in [5.74, 6) is -5.29. The van der Waals surface area contributed by atoms with Gasteiger partial charge >= 0.3 is 12.1 Å². The molecule has 216 valence electrons. The Kier molecular flexibility index (Phi) is 11.1. The topological polar surface area (TPSA) is 152 Å². The Bertz CT molecular complexity index is 896. The molecule has 0 spiro atoms. The summed E-state index contributed by atoms with van der Waals surface area (Å²) in [7, 11) is 0. The van der Waals surface area contributed by atoms with Gasteiger partial charge < -0.3 is 31.5 Å². The first-order valence-corrected chi connectivity index (χ1v) is 14.5. The van der Waals surface area contributed by atoms with Gasteiger partial charge in [-0.2, -0.15) is 13.2 Å². The highest BCUT2D eigenvalue weighted by atomic mass is 79.9. The van der Waals surface area contributed by atoms with Crippen LogP contribution in [0.2, 0.25) is 0 Å². The van der Waals surface area contributed by atoms with Gasteiger partial charge in [-0.3, -0.25) is 19.4 Å². The number of carboxylic acids is 1. The summed E-state index contributed by atoms with van der Waals surface area (Å²) >= 11 is 6.88. The van der Waals surface area contributed by atoms with Gasteiger partial charge in [-0.15, -0.1) is 0 Å². The molecule has 0 aromatic rings. The predicted octanol–water partition coefficient (Wildman–Crippen LogP) is 1.65. The number of halogens is 5. The molecule has 2 aliphatic carbocycles. The number of hydrogen-bond acceptors (Lipinski definition) is 7. The van der Waals surface area contributed by atoms with Crippen molar-refractivity contribution in [1.29, 1.82) is 0 Å². The summed E-state index contributed by atoms with van der Waals surface area (Å²) in [6.45, 7) is 0.706. The van der Waals surface area contributed by atoms with Crippen molar-refractivity contribution >= 4 is 55.6 Å². The second kappa shape index (κ2) is 13.6. The van der Waals surface area contributed by atoms with E-state index in [-0.39, 0.29) is 28.9 Å². The largest absolute Gasteiger partial charge is 0.481 e. The van der Waals surface area contributed by atoms with Gasteiger partial charge in [-0.1, -0.05) is 31.9 Å². The fraction of sp³-hybridized carbons (Fsp3) is 0.826. The molecule has 3 rings (SSSR count). The van der Waals surface area contributed by atoms with E-state index in [9.17, 15) is 37.8 Å². The molecule has 2 saturated carbocycles. The number of alkyl halides is 5. The van der Waals surface area contributed by atoms with Crippen molar-refractivity contribution in [1.82, 2.24) is 21.3 Å². The quantitative estimate of drug-likeness (QED) is 0.214. The highest BCUT2D eigenvalue weighted by Gasteiger charge is 2.47. The lowest BCUT2D eigenvalue weighted by atomic mass is 9.77. The maximum absolute atomic E-state index is 13.6. The van der Waals surface area contributed by atoms with Crippen molar-refractivity contribution in [3.8, 4) is 0 Å². The maximum atomic E-state index is 13.6. The van der Waals surface area contributed by atoms with E-state index in [1.807, 2.05) is 0 Å². The zero-order valence-electron chi connectivity index (χ0n) is 20.6. The molecular weight excluding hydrogens is 643 g/mol. The molecule has 0 saturated heterocycles. The van der Waals surface area contributed by atoms with Crippen LogP contribution in [-0.2, 0) is 14.4 Å². The van der Waals surface area contributed by atoms with Gasteiger partial charge in [0.25, 0.3) is 0 Å². The second-order valence-corrected chi connectivity index (χ2v) is 12.7. The molecule has 8 unspecified atom stereocenters. The first-order valence-electron chi connectivity index (χ1n) is 12.7. The van der Waals surface area contributed by atoms with Gasteiger partial charge in [0.1, 0.15) is 0 Å². The van der Waals surface area contributed by atoms with Gasteiger partial charge in [-0.05, 0) is 38.5 Å². The number of nitrogens with one attached hydrogen (secondary N) is 4. The van der Waals surface area contributed by atoms with Gasteiger partial charge in [-0.25, -0.2) is 0 Å². The SMILES string of the molecule is O=C(O)CC(NC(=O)CNC(=O)C1CC(NC2=NCCCN2)CC(C(F)(F)F)C1)C1CC(Br)CC(Br)C1O. The molecule has 3 aliphatic rings. The lowest BCUT2D eigenvalue weighted by Crippen LogP contribution is -2.54. The van der Waals surface area contributed by atoms with Crippen molar-refractivity contribution in [2.24, 2.45) is 22.7 Å². The lowest BCUT2D eigenvalue weighted by Gasteiger charge is -2.39. The van der Waals surface area contributed by atoms with E-state index in [0.29, 0.717) is 31.9 Å². The summed E-state index contributed by atoms with van der Waals surface area (Å²) in [6, 6.07) is -1.51. The molecule has 2 fully saturated rings. The standard InChI is InChI=1S/C23H34Br2F3N5O5/c24-13-7-15(20(37)16(25)8-13)17(9-19(35)36)33-18(34)10-31-21(38)11-4-12(23(26,27)28)6-14(5-11)32-22-29-2-1-3-30-22/h11-17,20,37H,1-10H2,(H,31,38)(H,33,34)(H,35,36)(H2,29,30,32). The number of carboxylic acid groups (broad SMARTS) is 1. The number of nitrogens with zero attached hydrogens (tertiary/aromatic N) is 1. The molecule has 0 radical (unpaired) electrons. The van der Waals surface area contributed by atoms with Crippen molar-refractivity contribution in [3.63, 3.8) is 0 Å². The highest BCUT2D eigenvalue weighted by molar-refractivity contribution is 9.10. The van der Waals surface area contributed by atoms with Crippen molar-refractivity contribution in [2.45, 2.75) is 79.0 Å². The molecule has 15 heteroatoms. The number of aliphatic carboxylic acids is 1. The van der Waals surface area contributed by atoms with E-state index < -0.39 is 72.9 Å². The summed E-state index contributed by atoms with van der Waals surface area (Å²) in [5.41, 5.74) is 0. The number of hydrogen-bond donors (Lipinski definition) is 6. The van der Waals surface area contributed by atoms with Crippen LogP contribution in [0.25, 0.3) is 0 Å². The van der Waals surface area contributed by atoms with Crippen LogP contribution in [0.15, 0.2) is 4.99 Å². The lowest BCUT2D eigenvalue weighted by molar-refractivity contribution is -0.188. The zero-order chi connectivity index (χ0) is 28.0. The van der Waals surface area contributed by atoms with Crippen molar-refractivity contribution in [3.05, 3.63) is 0 Å². The number of carbonyl (C=O) groups is 3. The minimum absolute atomic E-state index is 0.0115. The number of rotatable bonds is 8. The number of aliphatic hydroxyl groups excluding tert-OH is 1. The maximum Gasteiger partial charge on any atom is 0.391 e. The number of carbonyl (C=O) groups excluding carboxylic acids is 2. The van der Waals surface area contributed by atoms with E-state index >= 15 is 0 Å². The Morgan fingerprint density at radius 2 is 1.87 bits per heavy atom. The number of aliphatic imine (C=N–C) groups is 1. The number of amides is 2. The molecular formula is C23H34Br2F3N5O5. The molecule has 10 nitrogen and oxygen atoms in total. The van der Waals surface area contributed by atoms with E-state index in [1.165, 1.54) is 0 Å². The molecule has 0 aromatic heterocycles. The Morgan fingerprint density at radius 1 is 1.13 bits per heavy atom. The fourth-order valence-corrected chi connectivity index (χ4v) is 7.57. The van der Waals surface area contributed by atoms with Crippen molar-refractivity contribution < 1.29 is 37.8 Å². The third kappa shape index (κ3) is 8.97. The van der Waals surface area contributed by atoms with Crippen LogP contribution >= 0.6 is 31.9 Å². The monoisotopic (exact) mass is 675 g/mol. The molecule has 38 heavy (non-hydrogen) atoms. The van der Waals surface area contributed by atoms with E-state index in [0.717, 1.165) is 6.42 Å². The summed E-state index contributed by atoms with van der Waals surface area (Å²) in [6.07, 6.45) is -4.32. The Morgan fingerprint density at radius 3 is 2.50 bits per heavy atom. The van der Waals surface area contributed by atoms with Crippen LogP contribution in [0.1, 0.15) is 44.9 Å². The smallest absolute Gasteiger partial charge is 0.391 e. The Labute approximate surface area is 235 Å². The van der Waals surface area contributed by atoms with E-state index in [4.69, 9.17) is 0 Å². The third-order valence-corrected chi connectivity index (χ3v) is 8.94.